The largest absolute Gasteiger partial charge is 0.426 e. The smallest absolute Gasteiger partial charge is 0.420 e. The SMILES string of the molecule is CC(=O)Oc1ccc(N=Cc2ccccc2F)cc1C(F)(F)F. The third-order valence-corrected chi connectivity index (χ3v) is 2.78. The Morgan fingerprint density at radius 1 is 1.17 bits per heavy atom. The Kier molecular flexibility index (Phi) is 4.78. The van der Waals surface area contributed by atoms with E-state index in [1.807, 2.05) is 0 Å². The summed E-state index contributed by atoms with van der Waals surface area (Å²) in [6.45, 7) is 1.00. The number of rotatable bonds is 3. The van der Waals surface area contributed by atoms with Crippen molar-refractivity contribution < 1.29 is 27.1 Å². The van der Waals surface area contributed by atoms with Gasteiger partial charge in [-0.25, -0.2) is 4.39 Å². The summed E-state index contributed by atoms with van der Waals surface area (Å²) in [5.74, 6) is -2.00. The number of aliphatic imine (C=N–C) groups is 1. The van der Waals surface area contributed by atoms with Crippen LogP contribution < -0.4 is 4.74 Å². The molecule has 0 spiro atoms. The lowest BCUT2D eigenvalue weighted by atomic mass is 10.1. The Morgan fingerprint density at radius 3 is 2.48 bits per heavy atom. The first kappa shape index (κ1) is 16.7. The van der Waals surface area contributed by atoms with Crippen LogP contribution in [0, 0.1) is 5.82 Å². The number of ether oxygens (including phenoxy) is 1. The lowest BCUT2D eigenvalue weighted by Crippen LogP contribution is -2.11. The minimum absolute atomic E-state index is 0.0449. The second-order valence-electron chi connectivity index (χ2n) is 4.55. The van der Waals surface area contributed by atoms with Crippen LogP contribution in [0.1, 0.15) is 18.1 Å². The second-order valence-corrected chi connectivity index (χ2v) is 4.55. The highest BCUT2D eigenvalue weighted by Crippen LogP contribution is 2.38. The van der Waals surface area contributed by atoms with Crippen molar-refractivity contribution in [2.75, 3.05) is 0 Å². The molecule has 0 unspecified atom stereocenters. The van der Waals surface area contributed by atoms with Gasteiger partial charge in [0.1, 0.15) is 17.1 Å². The predicted molar refractivity (Wildman–Crippen MR) is 76.4 cm³/mol. The molecule has 0 atom stereocenters. The fourth-order valence-electron chi connectivity index (χ4n) is 1.79. The van der Waals surface area contributed by atoms with Gasteiger partial charge in [-0.3, -0.25) is 9.79 Å². The summed E-state index contributed by atoms with van der Waals surface area (Å²) in [5, 5.41) is 0. The third-order valence-electron chi connectivity index (χ3n) is 2.78. The standard InChI is InChI=1S/C16H11F4NO2/c1-10(22)23-15-7-6-12(8-13(15)16(18,19)20)21-9-11-4-2-3-5-14(11)17/h2-9H,1H3. The van der Waals surface area contributed by atoms with Crippen molar-refractivity contribution in [3.8, 4) is 5.75 Å². The highest BCUT2D eigenvalue weighted by atomic mass is 19.4. The average Bonchev–Trinajstić information content (AvgIpc) is 2.46. The van der Waals surface area contributed by atoms with E-state index in [0.717, 1.165) is 25.3 Å². The molecule has 0 N–H and O–H groups in total. The van der Waals surface area contributed by atoms with Gasteiger partial charge in [0.15, 0.2) is 0 Å². The zero-order valence-electron chi connectivity index (χ0n) is 11.9. The summed E-state index contributed by atoms with van der Waals surface area (Å²) in [5.41, 5.74) is -1.03. The van der Waals surface area contributed by atoms with Gasteiger partial charge >= 0.3 is 12.1 Å². The van der Waals surface area contributed by atoms with E-state index in [1.165, 1.54) is 24.3 Å². The molecule has 3 nitrogen and oxygen atoms in total. The van der Waals surface area contributed by atoms with Crippen LogP contribution in [0.3, 0.4) is 0 Å². The first-order valence-corrected chi connectivity index (χ1v) is 6.45. The van der Waals surface area contributed by atoms with E-state index in [1.54, 1.807) is 6.07 Å². The molecule has 0 amide bonds. The predicted octanol–water partition coefficient (Wildman–Crippen LogP) is 4.52. The Labute approximate surface area is 129 Å². The van der Waals surface area contributed by atoms with Gasteiger partial charge in [0.2, 0.25) is 0 Å². The van der Waals surface area contributed by atoms with E-state index in [-0.39, 0.29) is 11.3 Å². The van der Waals surface area contributed by atoms with E-state index >= 15 is 0 Å². The van der Waals surface area contributed by atoms with Gasteiger partial charge in [-0.05, 0) is 24.3 Å². The van der Waals surface area contributed by atoms with Gasteiger partial charge < -0.3 is 4.74 Å². The molecule has 0 fully saturated rings. The molecule has 0 aliphatic carbocycles. The molecule has 0 aliphatic heterocycles. The number of benzene rings is 2. The number of carbonyl (C=O) groups is 1. The molecule has 2 rings (SSSR count). The van der Waals surface area contributed by atoms with Crippen molar-refractivity contribution in [1.29, 1.82) is 0 Å². The molecule has 0 aromatic heterocycles. The molecule has 7 heteroatoms. The highest BCUT2D eigenvalue weighted by Gasteiger charge is 2.35. The summed E-state index contributed by atoms with van der Waals surface area (Å²) < 4.78 is 57.0. The number of hydrogen-bond donors (Lipinski definition) is 0. The molecule has 2 aromatic rings. The number of nitrogens with zero attached hydrogens (tertiary/aromatic N) is 1. The van der Waals surface area contributed by atoms with Gasteiger partial charge in [0.05, 0.1) is 5.69 Å². The second kappa shape index (κ2) is 6.60. The number of halogens is 4. The lowest BCUT2D eigenvalue weighted by molar-refractivity contribution is -0.141. The van der Waals surface area contributed by atoms with Crippen LogP contribution in [0.15, 0.2) is 47.5 Å². The van der Waals surface area contributed by atoms with E-state index < -0.39 is 29.3 Å². The number of carbonyl (C=O) groups excluding carboxylic acids is 1. The van der Waals surface area contributed by atoms with E-state index in [4.69, 9.17) is 0 Å². The van der Waals surface area contributed by atoms with E-state index in [2.05, 4.69) is 9.73 Å². The van der Waals surface area contributed by atoms with Crippen molar-refractivity contribution in [3.63, 3.8) is 0 Å². The molecule has 0 radical (unpaired) electrons. The molecule has 0 heterocycles. The van der Waals surface area contributed by atoms with Gasteiger partial charge in [-0.1, -0.05) is 18.2 Å². The van der Waals surface area contributed by atoms with Crippen LogP contribution in [-0.4, -0.2) is 12.2 Å². The summed E-state index contributed by atoms with van der Waals surface area (Å²) in [6, 6.07) is 8.69. The molecule has 0 saturated heterocycles. The molecular weight excluding hydrogens is 314 g/mol. The normalized spacial score (nSPS) is 11.7. The van der Waals surface area contributed by atoms with E-state index in [9.17, 15) is 22.4 Å². The molecule has 2 aromatic carbocycles. The Hall–Kier alpha value is -2.70. The third kappa shape index (κ3) is 4.38. The van der Waals surface area contributed by atoms with Crippen LogP contribution in [0.4, 0.5) is 23.2 Å². The lowest BCUT2D eigenvalue weighted by Gasteiger charge is -2.12. The number of alkyl halides is 3. The molecule has 23 heavy (non-hydrogen) atoms. The van der Waals surface area contributed by atoms with Gasteiger partial charge in [0.25, 0.3) is 0 Å². The number of esters is 1. The quantitative estimate of drug-likeness (QED) is 0.360. The summed E-state index contributed by atoms with van der Waals surface area (Å²) in [4.78, 5) is 14.7. The maximum atomic E-state index is 13.4. The summed E-state index contributed by atoms with van der Waals surface area (Å²) >= 11 is 0. The van der Waals surface area contributed by atoms with Gasteiger partial charge in [0, 0.05) is 18.7 Å². The average molecular weight is 325 g/mol. The first-order valence-electron chi connectivity index (χ1n) is 6.45. The maximum Gasteiger partial charge on any atom is 0.420 e. The molecule has 0 saturated carbocycles. The van der Waals surface area contributed by atoms with Gasteiger partial charge in [-0.2, -0.15) is 13.2 Å². The summed E-state index contributed by atoms with van der Waals surface area (Å²) in [7, 11) is 0. The fourth-order valence-corrected chi connectivity index (χ4v) is 1.79. The van der Waals surface area contributed by atoms with Crippen LogP contribution in [0.25, 0.3) is 0 Å². The topological polar surface area (TPSA) is 38.7 Å². The van der Waals surface area contributed by atoms with Crippen LogP contribution in [0.5, 0.6) is 5.75 Å². The van der Waals surface area contributed by atoms with Crippen LogP contribution in [-0.2, 0) is 11.0 Å². The van der Waals surface area contributed by atoms with Crippen molar-refractivity contribution in [3.05, 3.63) is 59.4 Å². The zero-order chi connectivity index (χ0) is 17.0. The zero-order valence-corrected chi connectivity index (χ0v) is 11.9. The van der Waals surface area contributed by atoms with E-state index in [0.29, 0.717) is 0 Å². The molecule has 120 valence electrons. The Morgan fingerprint density at radius 2 is 1.87 bits per heavy atom. The highest BCUT2D eigenvalue weighted by molar-refractivity contribution is 5.82. The molecule has 0 bridgehead atoms. The monoisotopic (exact) mass is 325 g/mol. The Balaban J connectivity index is 2.37. The first-order chi connectivity index (χ1) is 10.8. The van der Waals surface area contributed by atoms with Gasteiger partial charge in [-0.15, -0.1) is 0 Å². The number of hydrogen-bond acceptors (Lipinski definition) is 3. The van der Waals surface area contributed by atoms with Crippen molar-refractivity contribution >= 4 is 17.9 Å². The van der Waals surface area contributed by atoms with Crippen molar-refractivity contribution in [2.45, 2.75) is 13.1 Å². The van der Waals surface area contributed by atoms with Crippen molar-refractivity contribution in [1.82, 2.24) is 0 Å². The minimum Gasteiger partial charge on any atom is -0.426 e. The molecular formula is C16H11F4NO2. The molecule has 0 aliphatic rings. The fraction of sp³-hybridized carbons (Fsp3) is 0.125. The van der Waals surface area contributed by atoms with Crippen LogP contribution in [0.2, 0.25) is 0 Å². The van der Waals surface area contributed by atoms with Crippen LogP contribution >= 0.6 is 0 Å². The summed E-state index contributed by atoms with van der Waals surface area (Å²) in [6.07, 6.45) is -3.59. The minimum atomic E-state index is -4.71. The van der Waals surface area contributed by atoms with Crippen molar-refractivity contribution in [2.24, 2.45) is 4.99 Å². The Bertz CT molecular complexity index is 754. The maximum absolute atomic E-state index is 13.4.